The lowest BCUT2D eigenvalue weighted by molar-refractivity contribution is -0.122. The summed E-state index contributed by atoms with van der Waals surface area (Å²) in [6, 6.07) is 9.08. The summed E-state index contributed by atoms with van der Waals surface area (Å²) < 4.78 is 5.12. The Labute approximate surface area is 145 Å². The maximum absolute atomic E-state index is 11.9. The average molecular weight is 343 g/mol. The summed E-state index contributed by atoms with van der Waals surface area (Å²) in [5, 5.41) is 12.6. The highest BCUT2D eigenvalue weighted by Gasteiger charge is 2.21. The molecule has 2 heterocycles. The molecule has 1 atom stereocenters. The van der Waals surface area contributed by atoms with Crippen LogP contribution in [0, 0.1) is 0 Å². The molecule has 0 bridgehead atoms. The van der Waals surface area contributed by atoms with Crippen molar-refractivity contribution in [3.8, 4) is 0 Å². The third kappa shape index (κ3) is 5.12. The van der Waals surface area contributed by atoms with E-state index in [-0.39, 0.29) is 24.3 Å². The van der Waals surface area contributed by atoms with Crippen molar-refractivity contribution in [2.24, 2.45) is 0 Å². The van der Waals surface area contributed by atoms with Gasteiger partial charge in [0.2, 0.25) is 17.7 Å². The Bertz CT molecular complexity index is 710. The number of amides is 2. The van der Waals surface area contributed by atoms with Gasteiger partial charge in [-0.05, 0) is 31.5 Å². The Morgan fingerprint density at radius 1 is 1.28 bits per heavy atom. The standard InChI is InChI=1S/C17H21N5O3/c23-15(20-12-5-2-1-3-6-12)11-14-21-16(25-22-14)8-10-19-17(24)13-7-4-9-18-13/h1-3,5-6,13,18H,4,7-11H2,(H,19,24)(H,20,23). The highest BCUT2D eigenvalue weighted by Crippen LogP contribution is 2.07. The van der Waals surface area contributed by atoms with Gasteiger partial charge in [-0.25, -0.2) is 0 Å². The van der Waals surface area contributed by atoms with Gasteiger partial charge in [0.1, 0.15) is 0 Å². The summed E-state index contributed by atoms with van der Waals surface area (Å²) in [6.45, 7) is 1.31. The van der Waals surface area contributed by atoms with Crippen LogP contribution in [0.3, 0.4) is 0 Å². The van der Waals surface area contributed by atoms with Gasteiger partial charge < -0.3 is 20.5 Å². The number of para-hydroxylation sites is 1. The number of anilines is 1. The Balaban J connectivity index is 1.41. The van der Waals surface area contributed by atoms with Gasteiger partial charge in [-0.1, -0.05) is 23.4 Å². The van der Waals surface area contributed by atoms with Crippen LogP contribution in [0.25, 0.3) is 0 Å². The van der Waals surface area contributed by atoms with Crippen molar-refractivity contribution in [2.75, 3.05) is 18.4 Å². The van der Waals surface area contributed by atoms with Gasteiger partial charge in [0.15, 0.2) is 5.82 Å². The summed E-state index contributed by atoms with van der Waals surface area (Å²) in [5.41, 5.74) is 0.722. The zero-order chi connectivity index (χ0) is 17.5. The van der Waals surface area contributed by atoms with Crippen molar-refractivity contribution in [1.82, 2.24) is 20.8 Å². The maximum Gasteiger partial charge on any atom is 0.237 e. The van der Waals surface area contributed by atoms with E-state index in [1.54, 1.807) is 12.1 Å². The minimum atomic E-state index is -0.209. The fraction of sp³-hybridized carbons (Fsp3) is 0.412. The summed E-state index contributed by atoms with van der Waals surface area (Å²) in [7, 11) is 0. The lowest BCUT2D eigenvalue weighted by Gasteiger charge is -2.09. The molecule has 25 heavy (non-hydrogen) atoms. The Hall–Kier alpha value is -2.74. The number of carbonyl (C=O) groups is 2. The lowest BCUT2D eigenvalue weighted by Crippen LogP contribution is -2.41. The van der Waals surface area contributed by atoms with Crippen LogP contribution in [0.4, 0.5) is 5.69 Å². The molecular weight excluding hydrogens is 322 g/mol. The van der Waals surface area contributed by atoms with E-state index in [1.807, 2.05) is 18.2 Å². The molecule has 0 radical (unpaired) electrons. The lowest BCUT2D eigenvalue weighted by atomic mass is 10.2. The van der Waals surface area contributed by atoms with Crippen molar-refractivity contribution in [3.05, 3.63) is 42.0 Å². The highest BCUT2D eigenvalue weighted by molar-refractivity contribution is 5.91. The molecule has 0 aliphatic carbocycles. The number of aromatic nitrogens is 2. The number of rotatable bonds is 7. The van der Waals surface area contributed by atoms with Gasteiger partial charge in [-0.2, -0.15) is 4.98 Å². The number of hydrogen-bond donors (Lipinski definition) is 3. The molecule has 1 unspecified atom stereocenters. The molecule has 0 spiro atoms. The van der Waals surface area contributed by atoms with E-state index in [4.69, 9.17) is 4.52 Å². The summed E-state index contributed by atoms with van der Waals surface area (Å²) in [5.74, 6) is 0.521. The smallest absolute Gasteiger partial charge is 0.237 e. The van der Waals surface area contributed by atoms with Gasteiger partial charge >= 0.3 is 0 Å². The van der Waals surface area contributed by atoms with Crippen LogP contribution in [0.1, 0.15) is 24.6 Å². The predicted octanol–water partition coefficient (Wildman–Crippen LogP) is 0.662. The van der Waals surface area contributed by atoms with Crippen LogP contribution in [-0.2, 0) is 22.4 Å². The monoisotopic (exact) mass is 343 g/mol. The van der Waals surface area contributed by atoms with Crippen molar-refractivity contribution >= 4 is 17.5 Å². The van der Waals surface area contributed by atoms with Crippen LogP contribution in [0.5, 0.6) is 0 Å². The first-order chi connectivity index (χ1) is 12.2. The molecule has 2 amide bonds. The molecule has 132 valence electrons. The van der Waals surface area contributed by atoms with Gasteiger partial charge in [-0.15, -0.1) is 0 Å². The second-order valence-electron chi connectivity index (χ2n) is 5.89. The molecule has 8 heteroatoms. The van der Waals surface area contributed by atoms with E-state index in [1.165, 1.54) is 0 Å². The van der Waals surface area contributed by atoms with Crippen molar-refractivity contribution in [2.45, 2.75) is 31.7 Å². The second kappa shape index (κ2) is 8.39. The minimum absolute atomic E-state index is 0.000484. The van der Waals surface area contributed by atoms with E-state index in [0.29, 0.717) is 24.7 Å². The normalized spacial score (nSPS) is 16.6. The molecule has 1 aliphatic heterocycles. The van der Waals surface area contributed by atoms with Crippen LogP contribution in [0.15, 0.2) is 34.9 Å². The topological polar surface area (TPSA) is 109 Å². The number of carbonyl (C=O) groups excluding carboxylic acids is 2. The van der Waals surface area contributed by atoms with Gasteiger partial charge in [0, 0.05) is 18.7 Å². The van der Waals surface area contributed by atoms with Crippen molar-refractivity contribution in [1.29, 1.82) is 0 Å². The SMILES string of the molecule is O=C(Cc1noc(CCNC(=O)C2CCCN2)n1)Nc1ccccc1. The van der Waals surface area contributed by atoms with Crippen molar-refractivity contribution in [3.63, 3.8) is 0 Å². The quantitative estimate of drug-likeness (QED) is 0.681. The fourth-order valence-electron chi connectivity index (χ4n) is 2.66. The van der Waals surface area contributed by atoms with E-state index in [9.17, 15) is 9.59 Å². The molecular formula is C17H21N5O3. The fourth-order valence-corrected chi connectivity index (χ4v) is 2.66. The van der Waals surface area contributed by atoms with Gasteiger partial charge in [0.25, 0.3) is 0 Å². The van der Waals surface area contributed by atoms with E-state index < -0.39 is 0 Å². The second-order valence-corrected chi connectivity index (χ2v) is 5.89. The maximum atomic E-state index is 11.9. The van der Waals surface area contributed by atoms with E-state index in [2.05, 4.69) is 26.1 Å². The Kier molecular flexibility index (Phi) is 5.73. The molecule has 1 fully saturated rings. The molecule has 0 saturated carbocycles. The first-order valence-electron chi connectivity index (χ1n) is 8.38. The molecule has 1 aromatic carbocycles. The third-order valence-electron chi connectivity index (χ3n) is 3.90. The predicted molar refractivity (Wildman–Crippen MR) is 90.8 cm³/mol. The van der Waals surface area contributed by atoms with Crippen LogP contribution in [-0.4, -0.2) is 41.1 Å². The van der Waals surface area contributed by atoms with Gasteiger partial charge in [-0.3, -0.25) is 9.59 Å². The van der Waals surface area contributed by atoms with E-state index >= 15 is 0 Å². The zero-order valence-corrected chi connectivity index (χ0v) is 13.8. The number of nitrogens with one attached hydrogen (secondary N) is 3. The summed E-state index contributed by atoms with van der Waals surface area (Å²) in [6.07, 6.45) is 2.37. The first-order valence-corrected chi connectivity index (χ1v) is 8.38. The van der Waals surface area contributed by atoms with E-state index in [0.717, 1.165) is 25.1 Å². The molecule has 1 aliphatic rings. The zero-order valence-electron chi connectivity index (χ0n) is 13.8. The number of benzene rings is 1. The largest absolute Gasteiger partial charge is 0.354 e. The number of nitrogens with zero attached hydrogens (tertiary/aromatic N) is 2. The molecule has 2 aromatic rings. The summed E-state index contributed by atoms with van der Waals surface area (Å²) in [4.78, 5) is 28.0. The summed E-state index contributed by atoms with van der Waals surface area (Å²) >= 11 is 0. The molecule has 1 aromatic heterocycles. The first kappa shape index (κ1) is 17.1. The van der Waals surface area contributed by atoms with Crippen LogP contribution < -0.4 is 16.0 Å². The van der Waals surface area contributed by atoms with Gasteiger partial charge in [0.05, 0.1) is 12.5 Å². The molecule has 1 saturated heterocycles. The van der Waals surface area contributed by atoms with Crippen LogP contribution >= 0.6 is 0 Å². The number of hydrogen-bond acceptors (Lipinski definition) is 6. The molecule has 8 nitrogen and oxygen atoms in total. The third-order valence-corrected chi connectivity index (χ3v) is 3.90. The Morgan fingerprint density at radius 2 is 2.12 bits per heavy atom. The molecule has 3 rings (SSSR count). The minimum Gasteiger partial charge on any atom is -0.354 e. The van der Waals surface area contributed by atoms with Crippen molar-refractivity contribution < 1.29 is 14.1 Å². The highest BCUT2D eigenvalue weighted by atomic mass is 16.5. The molecule has 3 N–H and O–H groups in total. The van der Waals surface area contributed by atoms with Crippen LogP contribution in [0.2, 0.25) is 0 Å². The Morgan fingerprint density at radius 3 is 2.88 bits per heavy atom. The average Bonchev–Trinajstić information content (AvgIpc) is 3.27.